The molecule has 30 heavy (non-hydrogen) atoms. The van der Waals surface area contributed by atoms with Crippen LogP contribution >= 0.6 is 24.0 Å². The molecule has 0 bridgehead atoms. The van der Waals surface area contributed by atoms with Crippen LogP contribution in [-0.2, 0) is 22.6 Å². The molecule has 170 valence electrons. The van der Waals surface area contributed by atoms with Gasteiger partial charge in [0.05, 0.1) is 32.0 Å². The fraction of sp³-hybridized carbons (Fsp3) is 0.696. The summed E-state index contributed by atoms with van der Waals surface area (Å²) in [5.41, 5.74) is 2.30. The number of hydrogen-bond acceptors (Lipinski definition) is 4. The summed E-state index contributed by atoms with van der Waals surface area (Å²) in [6, 6.07) is 9.19. The van der Waals surface area contributed by atoms with E-state index in [4.69, 9.17) is 14.5 Å². The molecule has 2 heterocycles. The molecule has 0 radical (unpaired) electrons. The highest BCUT2D eigenvalue weighted by Gasteiger charge is 2.30. The van der Waals surface area contributed by atoms with E-state index in [0.29, 0.717) is 19.2 Å². The van der Waals surface area contributed by atoms with Crippen LogP contribution in [0.25, 0.3) is 0 Å². The van der Waals surface area contributed by atoms with Gasteiger partial charge in [0.15, 0.2) is 5.96 Å². The summed E-state index contributed by atoms with van der Waals surface area (Å²) in [4.78, 5) is 9.93. The molecule has 1 unspecified atom stereocenters. The molecule has 1 atom stereocenters. The Hall–Kier alpha value is -0.900. The fourth-order valence-electron chi connectivity index (χ4n) is 3.88. The Morgan fingerprint density at radius 2 is 1.93 bits per heavy atom. The van der Waals surface area contributed by atoms with E-state index in [1.807, 2.05) is 0 Å². The number of likely N-dealkylation sites (tertiary alicyclic amines) is 1. The fourth-order valence-corrected chi connectivity index (χ4v) is 3.88. The van der Waals surface area contributed by atoms with Crippen LogP contribution in [0, 0.1) is 0 Å². The van der Waals surface area contributed by atoms with Crippen molar-refractivity contribution >= 4 is 29.9 Å². The molecule has 2 saturated heterocycles. The van der Waals surface area contributed by atoms with Gasteiger partial charge in [-0.05, 0) is 45.2 Å². The van der Waals surface area contributed by atoms with E-state index in [1.54, 1.807) is 0 Å². The van der Waals surface area contributed by atoms with Gasteiger partial charge in [-0.1, -0.05) is 24.3 Å². The lowest BCUT2D eigenvalue weighted by Gasteiger charge is -2.32. The highest BCUT2D eigenvalue weighted by molar-refractivity contribution is 14.0. The first kappa shape index (κ1) is 25.4. The predicted octanol–water partition coefficient (Wildman–Crippen LogP) is 3.49. The van der Waals surface area contributed by atoms with Gasteiger partial charge in [0.25, 0.3) is 0 Å². The number of rotatable bonds is 6. The van der Waals surface area contributed by atoms with Crippen LogP contribution in [-0.4, -0.2) is 73.3 Å². The Bertz CT molecular complexity index is 671. The molecule has 6 nitrogen and oxygen atoms in total. The van der Waals surface area contributed by atoms with Crippen molar-refractivity contribution in [2.45, 2.75) is 58.9 Å². The molecule has 1 N–H and O–H groups in total. The minimum Gasteiger partial charge on any atom is -0.379 e. The van der Waals surface area contributed by atoms with Crippen LogP contribution < -0.4 is 5.32 Å². The van der Waals surface area contributed by atoms with E-state index in [1.165, 1.54) is 17.5 Å². The van der Waals surface area contributed by atoms with E-state index >= 15 is 0 Å². The zero-order chi connectivity index (χ0) is 20.7. The number of guanidine groups is 1. The molecular formula is C23H39IN4O2. The smallest absolute Gasteiger partial charge is 0.194 e. The second-order valence-electron chi connectivity index (χ2n) is 8.93. The number of ether oxygens (including phenoxy) is 2. The zero-order valence-corrected chi connectivity index (χ0v) is 21.4. The predicted molar refractivity (Wildman–Crippen MR) is 134 cm³/mol. The number of morpholine rings is 1. The molecule has 0 spiro atoms. The van der Waals surface area contributed by atoms with Gasteiger partial charge in [-0.2, -0.15) is 0 Å². The topological polar surface area (TPSA) is 49.3 Å². The van der Waals surface area contributed by atoms with Gasteiger partial charge < -0.3 is 19.7 Å². The summed E-state index contributed by atoms with van der Waals surface area (Å²) in [5, 5.41) is 3.49. The number of nitrogens with zero attached hydrogens (tertiary/aromatic N) is 3. The van der Waals surface area contributed by atoms with E-state index < -0.39 is 0 Å². The second kappa shape index (κ2) is 12.2. The largest absolute Gasteiger partial charge is 0.379 e. The van der Waals surface area contributed by atoms with Crippen LogP contribution in [0.4, 0.5) is 0 Å². The Labute approximate surface area is 199 Å². The lowest BCUT2D eigenvalue weighted by atomic mass is 10.1. The van der Waals surface area contributed by atoms with Gasteiger partial charge in [-0.25, -0.2) is 4.99 Å². The maximum atomic E-state index is 5.92. The molecule has 0 saturated carbocycles. The van der Waals surface area contributed by atoms with E-state index in [2.05, 4.69) is 67.1 Å². The Morgan fingerprint density at radius 3 is 2.63 bits per heavy atom. The molecule has 2 fully saturated rings. The molecular weight excluding hydrogens is 491 g/mol. The zero-order valence-electron chi connectivity index (χ0n) is 19.0. The van der Waals surface area contributed by atoms with Crippen molar-refractivity contribution in [2.24, 2.45) is 4.99 Å². The van der Waals surface area contributed by atoms with Crippen LogP contribution in [0.3, 0.4) is 0 Å². The van der Waals surface area contributed by atoms with Crippen LogP contribution in [0.5, 0.6) is 0 Å². The van der Waals surface area contributed by atoms with Gasteiger partial charge in [0.1, 0.15) is 0 Å². The number of nitrogens with one attached hydrogen (secondary N) is 1. The molecule has 7 heteroatoms. The highest BCUT2D eigenvalue weighted by Crippen LogP contribution is 2.18. The van der Waals surface area contributed by atoms with Gasteiger partial charge >= 0.3 is 0 Å². The highest BCUT2D eigenvalue weighted by atomic mass is 127. The second-order valence-corrected chi connectivity index (χ2v) is 8.93. The van der Waals surface area contributed by atoms with E-state index in [9.17, 15) is 0 Å². The summed E-state index contributed by atoms with van der Waals surface area (Å²) in [6.45, 7) is 16.5. The van der Waals surface area contributed by atoms with E-state index in [-0.39, 0.29) is 29.6 Å². The maximum absolute atomic E-state index is 5.92. The summed E-state index contributed by atoms with van der Waals surface area (Å²) < 4.78 is 11.4. The van der Waals surface area contributed by atoms with Gasteiger partial charge in [0, 0.05) is 38.8 Å². The molecule has 0 aliphatic carbocycles. The average Bonchev–Trinajstić information content (AvgIpc) is 3.20. The standard InChI is InChI=1S/C23H38N4O2.HI/c1-5-24-22(27-10-9-21(17-27)26-11-13-28-14-12-26)25-16-19-7-6-8-20(15-19)18-29-23(2,3)4;/h6-8,15,21H,5,9-14,16-18H2,1-4H3,(H,24,25);1H. The number of halogens is 1. The lowest BCUT2D eigenvalue weighted by Crippen LogP contribution is -2.46. The van der Waals surface area contributed by atoms with Crippen molar-refractivity contribution in [3.8, 4) is 0 Å². The van der Waals surface area contributed by atoms with Crippen LogP contribution in [0.2, 0.25) is 0 Å². The molecule has 1 aromatic rings. The molecule has 2 aliphatic heterocycles. The lowest BCUT2D eigenvalue weighted by molar-refractivity contribution is -0.0149. The average molecular weight is 530 g/mol. The number of benzene rings is 1. The first-order valence-electron chi connectivity index (χ1n) is 11.0. The van der Waals surface area contributed by atoms with Crippen molar-refractivity contribution < 1.29 is 9.47 Å². The molecule has 0 amide bonds. The van der Waals surface area contributed by atoms with Gasteiger partial charge in [-0.3, -0.25) is 4.90 Å². The first-order chi connectivity index (χ1) is 13.9. The van der Waals surface area contributed by atoms with Crippen molar-refractivity contribution in [3.05, 3.63) is 35.4 Å². The monoisotopic (exact) mass is 530 g/mol. The maximum Gasteiger partial charge on any atom is 0.194 e. The Morgan fingerprint density at radius 1 is 1.20 bits per heavy atom. The Balaban J connectivity index is 0.00000320. The molecule has 1 aromatic carbocycles. The van der Waals surface area contributed by atoms with Gasteiger partial charge in [-0.15, -0.1) is 24.0 Å². The minimum atomic E-state index is -0.126. The number of hydrogen-bond donors (Lipinski definition) is 1. The third kappa shape index (κ3) is 7.98. The summed E-state index contributed by atoms with van der Waals surface area (Å²) in [6.07, 6.45) is 1.20. The van der Waals surface area contributed by atoms with Crippen molar-refractivity contribution in [1.29, 1.82) is 0 Å². The molecule has 0 aromatic heterocycles. The quantitative estimate of drug-likeness (QED) is 0.347. The summed E-state index contributed by atoms with van der Waals surface area (Å²) in [5.74, 6) is 1.03. The normalized spacial score (nSPS) is 20.9. The van der Waals surface area contributed by atoms with E-state index in [0.717, 1.165) is 51.9 Å². The third-order valence-corrected chi connectivity index (χ3v) is 5.43. The molecule has 2 aliphatic rings. The van der Waals surface area contributed by atoms with Gasteiger partial charge in [0.2, 0.25) is 0 Å². The Kier molecular flexibility index (Phi) is 10.3. The SMILES string of the molecule is CCNC(=NCc1cccc(COC(C)(C)C)c1)N1CCC(N2CCOCC2)C1.I. The van der Waals surface area contributed by atoms with Crippen LogP contribution in [0.1, 0.15) is 45.2 Å². The van der Waals surface area contributed by atoms with Crippen molar-refractivity contribution in [3.63, 3.8) is 0 Å². The summed E-state index contributed by atoms with van der Waals surface area (Å²) in [7, 11) is 0. The summed E-state index contributed by atoms with van der Waals surface area (Å²) >= 11 is 0. The van der Waals surface area contributed by atoms with Crippen molar-refractivity contribution in [2.75, 3.05) is 45.9 Å². The first-order valence-corrected chi connectivity index (χ1v) is 11.0. The molecule has 3 rings (SSSR count). The van der Waals surface area contributed by atoms with Crippen molar-refractivity contribution in [1.82, 2.24) is 15.1 Å². The minimum absolute atomic E-state index is 0. The van der Waals surface area contributed by atoms with Crippen LogP contribution in [0.15, 0.2) is 29.3 Å². The number of aliphatic imine (C=N–C) groups is 1. The third-order valence-electron chi connectivity index (χ3n) is 5.43.